The van der Waals surface area contributed by atoms with E-state index in [1.165, 1.54) is 12.1 Å². The Labute approximate surface area is 103 Å². The van der Waals surface area contributed by atoms with Gasteiger partial charge in [0.05, 0.1) is 11.8 Å². The molecule has 0 saturated carbocycles. The third-order valence-corrected chi connectivity index (χ3v) is 3.55. The summed E-state index contributed by atoms with van der Waals surface area (Å²) in [5.41, 5.74) is -0.152. The molecular weight excluding hydrogens is 269 g/mol. The Hall–Kier alpha value is -1.76. The summed E-state index contributed by atoms with van der Waals surface area (Å²) in [7, 11) is 1.13. The van der Waals surface area contributed by atoms with Crippen molar-refractivity contribution in [1.82, 2.24) is 0 Å². The average Bonchev–Trinajstić information content (AvgIpc) is 2.73. The van der Waals surface area contributed by atoms with Crippen molar-refractivity contribution in [3.05, 3.63) is 28.6 Å². The van der Waals surface area contributed by atoms with Gasteiger partial charge in [-0.3, -0.25) is 0 Å². The molecule has 2 rings (SSSR count). The molecule has 0 aliphatic rings. The van der Waals surface area contributed by atoms with Crippen LogP contribution in [0.2, 0.25) is 0 Å². The van der Waals surface area contributed by atoms with Crippen LogP contribution in [0.4, 0.5) is 13.2 Å². The highest BCUT2D eigenvalue weighted by Crippen LogP contribution is 2.42. The minimum Gasteiger partial charge on any atom is -0.506 e. The van der Waals surface area contributed by atoms with Gasteiger partial charge in [0.2, 0.25) is 0 Å². The zero-order valence-electron chi connectivity index (χ0n) is 9.04. The molecule has 3 nitrogen and oxygen atoms in total. The number of rotatable bonds is 1. The van der Waals surface area contributed by atoms with Crippen LogP contribution in [0, 0.1) is 0 Å². The molecule has 1 aromatic heterocycles. The van der Waals surface area contributed by atoms with E-state index in [1.54, 1.807) is 0 Å². The molecule has 0 aliphatic carbocycles. The van der Waals surface area contributed by atoms with E-state index >= 15 is 0 Å². The molecule has 0 saturated heterocycles. The van der Waals surface area contributed by atoms with Crippen LogP contribution in [0.25, 0.3) is 10.1 Å². The number of hydrogen-bond acceptors (Lipinski definition) is 4. The smallest absolute Gasteiger partial charge is 0.425 e. The van der Waals surface area contributed by atoms with E-state index in [1.807, 2.05) is 0 Å². The van der Waals surface area contributed by atoms with Gasteiger partial charge in [-0.25, -0.2) is 4.79 Å². The quantitative estimate of drug-likeness (QED) is 0.812. The fourth-order valence-corrected chi connectivity index (χ4v) is 2.48. The van der Waals surface area contributed by atoms with Crippen LogP contribution < -0.4 is 0 Å². The molecule has 1 heterocycles. The summed E-state index contributed by atoms with van der Waals surface area (Å²) in [4.78, 5) is 10.5. The summed E-state index contributed by atoms with van der Waals surface area (Å²) in [6, 6.07) is 3.50. The summed E-state index contributed by atoms with van der Waals surface area (Å²) in [5.74, 6) is -1.28. The molecule has 1 N–H and O–H groups in total. The number of halogens is 3. The first-order valence-corrected chi connectivity index (χ1v) is 5.57. The summed E-state index contributed by atoms with van der Waals surface area (Å²) in [6.45, 7) is 0. The number of phenols is 1. The van der Waals surface area contributed by atoms with E-state index in [4.69, 9.17) is 0 Å². The Bertz CT molecular complexity index is 616. The molecule has 96 valence electrons. The lowest BCUT2D eigenvalue weighted by atomic mass is 10.1. The van der Waals surface area contributed by atoms with E-state index in [0.29, 0.717) is 11.3 Å². The summed E-state index contributed by atoms with van der Waals surface area (Å²) < 4.78 is 42.0. The number of aromatic hydroxyl groups is 1. The molecular formula is C11H7F3O3S. The summed E-state index contributed by atoms with van der Waals surface area (Å²) in [5, 5.41) is 10.0. The van der Waals surface area contributed by atoms with Crippen molar-refractivity contribution < 1.29 is 27.8 Å². The minimum atomic E-state index is -4.47. The second-order valence-corrected chi connectivity index (χ2v) is 4.53. The topological polar surface area (TPSA) is 46.5 Å². The summed E-state index contributed by atoms with van der Waals surface area (Å²) in [6.07, 6.45) is -4.47. The number of ether oxygens (including phenoxy) is 1. The maximum absolute atomic E-state index is 12.5. The monoisotopic (exact) mass is 276 g/mol. The maximum Gasteiger partial charge on any atom is 0.425 e. The van der Waals surface area contributed by atoms with Crippen molar-refractivity contribution in [2.24, 2.45) is 0 Å². The predicted molar refractivity (Wildman–Crippen MR) is 59.8 cm³/mol. The third kappa shape index (κ3) is 2.01. The molecule has 0 amide bonds. The molecule has 0 spiro atoms. The molecule has 7 heteroatoms. The maximum atomic E-state index is 12.5. The van der Waals surface area contributed by atoms with Crippen LogP contribution in [0.15, 0.2) is 18.2 Å². The molecule has 1 aromatic carbocycles. The number of benzene rings is 1. The van der Waals surface area contributed by atoms with E-state index < -0.39 is 22.8 Å². The number of methoxy groups -OCH3 is 1. The molecule has 0 atom stereocenters. The van der Waals surface area contributed by atoms with Crippen molar-refractivity contribution in [2.45, 2.75) is 6.18 Å². The standard InChI is InChI=1S/C11H7F3O3S/c1-17-10(16)6-3-2-5-4-7(11(12,13)14)18-9(5)8(6)15/h2-4,15H,1H3. The highest BCUT2D eigenvalue weighted by Gasteiger charge is 2.33. The van der Waals surface area contributed by atoms with Gasteiger partial charge in [0.15, 0.2) is 0 Å². The number of carbonyl (C=O) groups excluding carboxylic acids is 1. The van der Waals surface area contributed by atoms with E-state index in [2.05, 4.69) is 4.74 Å². The molecule has 0 radical (unpaired) electrons. The molecule has 2 aromatic rings. The number of carbonyl (C=O) groups is 1. The molecule has 0 bridgehead atoms. The van der Waals surface area contributed by atoms with Crippen LogP contribution >= 0.6 is 11.3 Å². The van der Waals surface area contributed by atoms with Crippen LogP contribution in [0.3, 0.4) is 0 Å². The zero-order valence-corrected chi connectivity index (χ0v) is 9.85. The van der Waals surface area contributed by atoms with Crippen molar-refractivity contribution in [3.63, 3.8) is 0 Å². The Kier molecular flexibility index (Phi) is 2.94. The number of thiophene rings is 1. The highest BCUT2D eigenvalue weighted by molar-refractivity contribution is 7.19. The van der Waals surface area contributed by atoms with Gasteiger partial charge in [0, 0.05) is 0 Å². The van der Waals surface area contributed by atoms with E-state index in [-0.39, 0.29) is 15.6 Å². The Morgan fingerprint density at radius 2 is 2.06 bits per heavy atom. The zero-order chi connectivity index (χ0) is 13.5. The van der Waals surface area contributed by atoms with Crippen molar-refractivity contribution in [2.75, 3.05) is 7.11 Å². The van der Waals surface area contributed by atoms with Crippen molar-refractivity contribution in [1.29, 1.82) is 0 Å². The lowest BCUT2D eigenvalue weighted by molar-refractivity contribution is -0.134. The fourth-order valence-electron chi connectivity index (χ4n) is 1.50. The van der Waals surface area contributed by atoms with Crippen LogP contribution in [0.1, 0.15) is 15.2 Å². The van der Waals surface area contributed by atoms with Gasteiger partial charge in [-0.05, 0) is 17.5 Å². The van der Waals surface area contributed by atoms with Gasteiger partial charge in [-0.1, -0.05) is 6.07 Å². The molecule has 0 unspecified atom stereocenters. The average molecular weight is 276 g/mol. The third-order valence-electron chi connectivity index (χ3n) is 2.35. The van der Waals surface area contributed by atoms with Crippen LogP contribution in [0.5, 0.6) is 5.75 Å². The van der Waals surface area contributed by atoms with Crippen molar-refractivity contribution in [3.8, 4) is 5.75 Å². The van der Waals surface area contributed by atoms with E-state index in [9.17, 15) is 23.1 Å². The Balaban J connectivity index is 2.64. The molecule has 0 fully saturated rings. The van der Waals surface area contributed by atoms with Crippen LogP contribution in [-0.4, -0.2) is 18.2 Å². The minimum absolute atomic E-state index is 0.0187. The summed E-state index contributed by atoms with van der Waals surface area (Å²) >= 11 is 0.390. The predicted octanol–water partition coefficient (Wildman–Crippen LogP) is 3.41. The highest BCUT2D eigenvalue weighted by atomic mass is 32.1. The first-order chi connectivity index (χ1) is 8.34. The van der Waals surface area contributed by atoms with Gasteiger partial charge in [-0.15, -0.1) is 11.3 Å². The van der Waals surface area contributed by atoms with E-state index in [0.717, 1.165) is 13.2 Å². The lowest BCUT2D eigenvalue weighted by Gasteiger charge is -2.02. The van der Waals surface area contributed by atoms with Gasteiger partial charge in [-0.2, -0.15) is 13.2 Å². The van der Waals surface area contributed by atoms with Crippen LogP contribution in [-0.2, 0) is 10.9 Å². The molecule has 18 heavy (non-hydrogen) atoms. The lowest BCUT2D eigenvalue weighted by Crippen LogP contribution is -2.00. The van der Waals surface area contributed by atoms with Gasteiger partial charge in [0.25, 0.3) is 0 Å². The number of esters is 1. The number of fused-ring (bicyclic) bond motifs is 1. The fraction of sp³-hybridized carbons (Fsp3) is 0.182. The number of alkyl halides is 3. The normalized spacial score (nSPS) is 11.8. The van der Waals surface area contributed by atoms with Crippen molar-refractivity contribution >= 4 is 27.4 Å². The van der Waals surface area contributed by atoms with Gasteiger partial charge < -0.3 is 9.84 Å². The number of phenolic OH excluding ortho intramolecular Hbond substituents is 1. The largest absolute Gasteiger partial charge is 0.506 e. The second-order valence-electron chi connectivity index (χ2n) is 3.48. The first-order valence-electron chi connectivity index (χ1n) is 4.75. The SMILES string of the molecule is COC(=O)c1ccc2cc(C(F)(F)F)sc2c1O. The first kappa shape index (κ1) is 12.7. The van der Waals surface area contributed by atoms with Gasteiger partial charge in [0.1, 0.15) is 16.2 Å². The molecule has 0 aliphatic heterocycles. The second kappa shape index (κ2) is 4.16. The Morgan fingerprint density at radius 1 is 1.39 bits per heavy atom. The van der Waals surface area contributed by atoms with Gasteiger partial charge >= 0.3 is 12.1 Å². The Morgan fingerprint density at radius 3 is 2.61 bits per heavy atom. The number of hydrogen-bond donors (Lipinski definition) is 1.